The van der Waals surface area contributed by atoms with Gasteiger partial charge in [0.2, 0.25) is 0 Å². The van der Waals surface area contributed by atoms with E-state index in [0.717, 1.165) is 6.08 Å². The van der Waals surface area contributed by atoms with E-state index in [2.05, 4.69) is 0 Å². The molecule has 0 aromatic carbocycles. The molecule has 12 heavy (non-hydrogen) atoms. The van der Waals surface area contributed by atoms with Crippen LogP contribution in [-0.2, 0) is 0 Å². The van der Waals surface area contributed by atoms with Crippen LogP contribution in [-0.4, -0.2) is 12.2 Å². The number of hydrogen-bond acceptors (Lipinski definition) is 2. The van der Waals surface area contributed by atoms with Gasteiger partial charge in [0.15, 0.2) is 0 Å². The molecule has 0 fully saturated rings. The topological polar surface area (TPSA) is 52.0 Å². The Morgan fingerprint density at radius 3 is 2.42 bits per heavy atom. The van der Waals surface area contributed by atoms with Gasteiger partial charge in [-0.1, -0.05) is 12.2 Å². The molecule has 0 aromatic rings. The highest BCUT2D eigenvalue weighted by atomic mass is 19.4. The van der Waals surface area contributed by atoms with Gasteiger partial charge in [-0.3, -0.25) is 0 Å². The second kappa shape index (κ2) is 2.82. The van der Waals surface area contributed by atoms with Gasteiger partial charge in [0.1, 0.15) is 0 Å². The van der Waals surface area contributed by atoms with E-state index in [9.17, 15) is 13.2 Å². The second-order valence-corrected chi connectivity index (χ2v) is 2.64. The third-order valence-electron chi connectivity index (χ3n) is 1.61. The van der Waals surface area contributed by atoms with Crippen molar-refractivity contribution in [2.24, 2.45) is 11.5 Å². The standard InChI is InChI=1S/C7H9F3N2/c8-7(9,10)5-3-4(11)1-2-6(5)12/h2-4H,1,11-12H2. The van der Waals surface area contributed by atoms with Gasteiger partial charge in [0.05, 0.1) is 5.57 Å². The van der Waals surface area contributed by atoms with Crippen molar-refractivity contribution < 1.29 is 13.2 Å². The fourth-order valence-electron chi connectivity index (χ4n) is 1.01. The summed E-state index contributed by atoms with van der Waals surface area (Å²) in [5.41, 5.74) is 9.40. The number of rotatable bonds is 0. The van der Waals surface area contributed by atoms with Crippen LogP contribution in [0, 0.1) is 0 Å². The van der Waals surface area contributed by atoms with Crippen LogP contribution in [0.3, 0.4) is 0 Å². The van der Waals surface area contributed by atoms with Gasteiger partial charge >= 0.3 is 6.18 Å². The minimum atomic E-state index is -4.39. The van der Waals surface area contributed by atoms with Gasteiger partial charge in [-0.25, -0.2) is 0 Å². The first kappa shape index (κ1) is 9.12. The molecule has 0 radical (unpaired) electrons. The van der Waals surface area contributed by atoms with E-state index in [0.29, 0.717) is 6.42 Å². The third kappa shape index (κ3) is 1.79. The van der Waals surface area contributed by atoms with Crippen molar-refractivity contribution >= 4 is 0 Å². The number of nitrogens with two attached hydrogens (primary N) is 2. The zero-order valence-electron chi connectivity index (χ0n) is 6.23. The molecule has 68 valence electrons. The van der Waals surface area contributed by atoms with Gasteiger partial charge < -0.3 is 11.5 Å². The van der Waals surface area contributed by atoms with Gasteiger partial charge in [0, 0.05) is 11.7 Å². The molecule has 0 saturated carbocycles. The van der Waals surface area contributed by atoms with E-state index in [1.165, 1.54) is 6.08 Å². The number of hydrogen-bond donors (Lipinski definition) is 2. The Balaban J connectivity index is 2.94. The Morgan fingerprint density at radius 2 is 2.00 bits per heavy atom. The maximum Gasteiger partial charge on any atom is 0.418 e. The summed E-state index contributed by atoms with van der Waals surface area (Å²) in [6, 6.07) is -0.575. The van der Waals surface area contributed by atoms with Crippen LogP contribution in [0.4, 0.5) is 13.2 Å². The van der Waals surface area contributed by atoms with Crippen molar-refractivity contribution in [1.82, 2.24) is 0 Å². The molecule has 0 spiro atoms. The van der Waals surface area contributed by atoms with E-state index in [1.807, 2.05) is 0 Å². The largest absolute Gasteiger partial charge is 0.418 e. The first-order valence-electron chi connectivity index (χ1n) is 3.42. The van der Waals surface area contributed by atoms with Crippen LogP contribution in [0.15, 0.2) is 23.4 Å². The van der Waals surface area contributed by atoms with E-state index in [-0.39, 0.29) is 5.70 Å². The fraction of sp³-hybridized carbons (Fsp3) is 0.429. The lowest BCUT2D eigenvalue weighted by atomic mass is 10.0. The molecule has 2 nitrogen and oxygen atoms in total. The minimum absolute atomic E-state index is 0.232. The van der Waals surface area contributed by atoms with E-state index < -0.39 is 17.8 Å². The van der Waals surface area contributed by atoms with Crippen LogP contribution in [0.1, 0.15) is 6.42 Å². The maximum absolute atomic E-state index is 12.1. The molecule has 1 rings (SSSR count). The zero-order chi connectivity index (χ0) is 9.35. The molecule has 0 saturated heterocycles. The monoisotopic (exact) mass is 178 g/mol. The first-order valence-corrected chi connectivity index (χ1v) is 3.42. The molecular weight excluding hydrogens is 169 g/mol. The Bertz CT molecular complexity index is 240. The summed E-state index contributed by atoms with van der Waals surface area (Å²) in [6.45, 7) is 0. The quantitative estimate of drug-likeness (QED) is 0.582. The predicted molar refractivity (Wildman–Crippen MR) is 39.0 cm³/mol. The van der Waals surface area contributed by atoms with Crippen molar-refractivity contribution in [1.29, 1.82) is 0 Å². The van der Waals surface area contributed by atoms with Crippen LogP contribution in [0.5, 0.6) is 0 Å². The lowest BCUT2D eigenvalue weighted by Gasteiger charge is -2.18. The lowest BCUT2D eigenvalue weighted by Crippen LogP contribution is -2.27. The van der Waals surface area contributed by atoms with Gasteiger partial charge in [-0.05, 0) is 6.42 Å². The highest BCUT2D eigenvalue weighted by molar-refractivity contribution is 5.36. The normalized spacial score (nSPS) is 24.8. The smallest absolute Gasteiger partial charge is 0.399 e. The molecule has 1 unspecified atom stereocenters. The van der Waals surface area contributed by atoms with Crippen molar-refractivity contribution in [3.63, 3.8) is 0 Å². The molecule has 1 aliphatic carbocycles. The van der Waals surface area contributed by atoms with Crippen LogP contribution >= 0.6 is 0 Å². The summed E-state index contributed by atoms with van der Waals surface area (Å²) in [7, 11) is 0. The van der Waals surface area contributed by atoms with Crippen LogP contribution in [0.25, 0.3) is 0 Å². The predicted octanol–water partition coefficient (Wildman–Crippen LogP) is 1.05. The van der Waals surface area contributed by atoms with E-state index in [1.54, 1.807) is 0 Å². The molecule has 1 atom stereocenters. The summed E-state index contributed by atoms with van der Waals surface area (Å²) in [4.78, 5) is 0. The molecule has 0 aliphatic heterocycles. The molecule has 0 heterocycles. The van der Waals surface area contributed by atoms with Crippen LogP contribution in [0.2, 0.25) is 0 Å². The van der Waals surface area contributed by atoms with Crippen LogP contribution < -0.4 is 11.5 Å². The minimum Gasteiger partial charge on any atom is -0.399 e. The van der Waals surface area contributed by atoms with Gasteiger partial charge in [-0.15, -0.1) is 0 Å². The van der Waals surface area contributed by atoms with E-state index in [4.69, 9.17) is 11.5 Å². The Hall–Kier alpha value is -0.970. The maximum atomic E-state index is 12.1. The Kier molecular flexibility index (Phi) is 2.14. The highest BCUT2D eigenvalue weighted by Gasteiger charge is 2.36. The van der Waals surface area contributed by atoms with Crippen molar-refractivity contribution in [3.05, 3.63) is 23.4 Å². The zero-order valence-corrected chi connectivity index (χ0v) is 6.23. The Labute approximate surface area is 67.7 Å². The van der Waals surface area contributed by atoms with E-state index >= 15 is 0 Å². The average Bonchev–Trinajstić information content (AvgIpc) is 1.92. The fourth-order valence-corrected chi connectivity index (χ4v) is 1.01. The summed E-state index contributed by atoms with van der Waals surface area (Å²) >= 11 is 0. The summed E-state index contributed by atoms with van der Waals surface area (Å²) in [5, 5.41) is 0. The number of halogens is 3. The third-order valence-corrected chi connectivity index (χ3v) is 1.61. The molecule has 1 aliphatic rings. The molecular formula is C7H9F3N2. The van der Waals surface area contributed by atoms with Crippen molar-refractivity contribution in [3.8, 4) is 0 Å². The highest BCUT2D eigenvalue weighted by Crippen LogP contribution is 2.31. The second-order valence-electron chi connectivity index (χ2n) is 2.64. The molecule has 5 heteroatoms. The summed E-state index contributed by atoms with van der Waals surface area (Å²) in [6.07, 6.45) is -1.77. The molecule has 0 aromatic heterocycles. The summed E-state index contributed by atoms with van der Waals surface area (Å²) < 4.78 is 36.4. The molecule has 4 N–H and O–H groups in total. The average molecular weight is 178 g/mol. The van der Waals surface area contributed by atoms with Gasteiger partial charge in [-0.2, -0.15) is 13.2 Å². The number of allylic oxidation sites excluding steroid dienone is 1. The van der Waals surface area contributed by atoms with Crippen molar-refractivity contribution in [2.75, 3.05) is 0 Å². The van der Waals surface area contributed by atoms with Crippen molar-refractivity contribution in [2.45, 2.75) is 18.6 Å². The molecule has 0 amide bonds. The van der Waals surface area contributed by atoms with Gasteiger partial charge in [0.25, 0.3) is 0 Å². The lowest BCUT2D eigenvalue weighted by molar-refractivity contribution is -0.0900. The first-order chi connectivity index (χ1) is 5.41. The molecule has 0 bridgehead atoms. The number of alkyl halides is 3. The summed E-state index contributed by atoms with van der Waals surface area (Å²) in [5.74, 6) is 0. The SMILES string of the molecule is NC1=CCC(N)C=C1C(F)(F)F. The Morgan fingerprint density at radius 1 is 1.42 bits per heavy atom.